The molecule has 0 unspecified atom stereocenters. The fourth-order valence-electron chi connectivity index (χ4n) is 3.13. The molecule has 0 aliphatic rings. The van der Waals surface area contributed by atoms with Crippen LogP contribution in [-0.2, 0) is 0 Å². The third kappa shape index (κ3) is 3.40. The Morgan fingerprint density at radius 2 is 1.61 bits per heavy atom. The van der Waals surface area contributed by atoms with Gasteiger partial charge in [-0.25, -0.2) is 4.79 Å². The van der Waals surface area contributed by atoms with Gasteiger partial charge in [-0.05, 0) is 61.4 Å². The number of nitrogens with one attached hydrogen (secondary N) is 4. The summed E-state index contributed by atoms with van der Waals surface area (Å²) in [6.45, 7) is 4.10. The molecule has 28 heavy (non-hydrogen) atoms. The Labute approximate surface area is 161 Å². The lowest BCUT2D eigenvalue weighted by atomic mass is 10.1. The molecule has 0 aliphatic carbocycles. The van der Waals surface area contributed by atoms with Crippen LogP contribution in [0.1, 0.15) is 21.5 Å². The zero-order valence-corrected chi connectivity index (χ0v) is 15.6. The minimum Gasteiger partial charge on any atom is -0.355 e. The number of benzene rings is 3. The van der Waals surface area contributed by atoms with Gasteiger partial charge in [-0.15, -0.1) is 0 Å². The lowest BCUT2D eigenvalue weighted by Crippen LogP contribution is -2.14. The number of carbonyl (C=O) groups excluding carboxylic acids is 1. The molecule has 1 heterocycles. The number of para-hydroxylation sites is 1. The summed E-state index contributed by atoms with van der Waals surface area (Å²) in [6.07, 6.45) is 0. The molecule has 4 rings (SSSR count). The monoisotopic (exact) mass is 372 g/mol. The van der Waals surface area contributed by atoms with Crippen LogP contribution in [0.25, 0.3) is 11.0 Å². The highest BCUT2D eigenvalue weighted by Crippen LogP contribution is 2.26. The first-order valence-electron chi connectivity index (χ1n) is 8.97. The quantitative estimate of drug-likeness (QED) is 0.426. The first-order chi connectivity index (χ1) is 13.5. The van der Waals surface area contributed by atoms with Crippen molar-refractivity contribution in [1.82, 2.24) is 9.97 Å². The summed E-state index contributed by atoms with van der Waals surface area (Å²) < 4.78 is 0. The van der Waals surface area contributed by atoms with Crippen LogP contribution in [0.15, 0.2) is 65.5 Å². The average molecular weight is 372 g/mol. The molecular weight excluding hydrogens is 352 g/mol. The van der Waals surface area contributed by atoms with Crippen LogP contribution in [0, 0.1) is 13.8 Å². The summed E-state index contributed by atoms with van der Waals surface area (Å²) in [4.78, 5) is 29.7. The summed E-state index contributed by atoms with van der Waals surface area (Å²) in [7, 11) is 0. The van der Waals surface area contributed by atoms with E-state index in [9.17, 15) is 9.59 Å². The molecule has 4 N–H and O–H groups in total. The summed E-state index contributed by atoms with van der Waals surface area (Å²) in [5, 5.41) is 6.26. The Hall–Kier alpha value is -3.80. The topological polar surface area (TPSA) is 89.8 Å². The van der Waals surface area contributed by atoms with Crippen LogP contribution in [0.2, 0.25) is 0 Å². The number of anilines is 3. The van der Waals surface area contributed by atoms with Crippen LogP contribution in [-0.4, -0.2) is 15.9 Å². The molecule has 6 heteroatoms. The maximum absolute atomic E-state index is 12.9. The molecule has 0 fully saturated rings. The Morgan fingerprint density at radius 1 is 0.857 bits per heavy atom. The maximum Gasteiger partial charge on any atom is 0.323 e. The Bertz CT molecular complexity index is 1240. The number of aromatic amines is 2. The molecule has 140 valence electrons. The van der Waals surface area contributed by atoms with Gasteiger partial charge in [0.25, 0.3) is 5.91 Å². The molecular formula is C22H20N4O2. The van der Waals surface area contributed by atoms with Gasteiger partial charge < -0.3 is 20.6 Å². The van der Waals surface area contributed by atoms with E-state index in [1.165, 1.54) is 5.56 Å². The molecule has 0 radical (unpaired) electrons. The minimum absolute atomic E-state index is 0.231. The largest absolute Gasteiger partial charge is 0.355 e. The minimum atomic E-state index is -0.276. The van der Waals surface area contributed by atoms with Gasteiger partial charge in [0.1, 0.15) is 0 Å². The third-order valence-electron chi connectivity index (χ3n) is 4.82. The number of carbonyl (C=O) groups is 1. The first kappa shape index (κ1) is 17.6. The predicted octanol–water partition coefficient (Wildman–Crippen LogP) is 4.47. The predicted molar refractivity (Wildman–Crippen MR) is 113 cm³/mol. The fraction of sp³-hybridized carbons (Fsp3) is 0.0909. The number of H-pyrrole nitrogens is 2. The van der Waals surface area contributed by atoms with E-state index in [-0.39, 0.29) is 11.6 Å². The van der Waals surface area contributed by atoms with E-state index >= 15 is 0 Å². The lowest BCUT2D eigenvalue weighted by molar-refractivity contribution is 0.102. The number of rotatable bonds is 4. The highest BCUT2D eigenvalue weighted by atomic mass is 16.2. The molecule has 3 aromatic carbocycles. The molecule has 0 atom stereocenters. The van der Waals surface area contributed by atoms with Crippen LogP contribution in [0.4, 0.5) is 17.1 Å². The number of hydrogen-bond acceptors (Lipinski definition) is 3. The van der Waals surface area contributed by atoms with Gasteiger partial charge >= 0.3 is 5.69 Å². The molecule has 1 aromatic heterocycles. The molecule has 0 saturated carbocycles. The summed E-state index contributed by atoms with van der Waals surface area (Å²) in [6, 6.07) is 18.6. The van der Waals surface area contributed by atoms with Crippen molar-refractivity contribution in [3.8, 4) is 0 Å². The number of aryl methyl sites for hydroxylation is 1. The fourth-order valence-corrected chi connectivity index (χ4v) is 3.13. The highest BCUT2D eigenvalue weighted by molar-refractivity contribution is 6.09. The van der Waals surface area contributed by atoms with Gasteiger partial charge in [0, 0.05) is 11.4 Å². The van der Waals surface area contributed by atoms with Crippen molar-refractivity contribution in [2.45, 2.75) is 13.8 Å². The van der Waals surface area contributed by atoms with E-state index < -0.39 is 0 Å². The smallest absolute Gasteiger partial charge is 0.323 e. The van der Waals surface area contributed by atoms with Crippen molar-refractivity contribution < 1.29 is 4.79 Å². The first-order valence-corrected chi connectivity index (χ1v) is 8.97. The molecule has 0 aliphatic heterocycles. The summed E-state index contributed by atoms with van der Waals surface area (Å²) in [5.74, 6) is -0.231. The van der Waals surface area contributed by atoms with Crippen LogP contribution >= 0.6 is 0 Å². The van der Waals surface area contributed by atoms with Gasteiger partial charge in [-0.3, -0.25) is 4.79 Å². The van der Waals surface area contributed by atoms with E-state index in [2.05, 4.69) is 33.6 Å². The Kier molecular flexibility index (Phi) is 4.45. The van der Waals surface area contributed by atoms with E-state index in [0.29, 0.717) is 22.3 Å². The maximum atomic E-state index is 12.9. The standard InChI is InChI=1S/C22H20N4O2/c1-13-6-5-9-17(14(13)2)24-18-8-4-3-7-16(18)21(27)23-15-10-11-19-20(12-15)26-22(28)25-19/h3-12,24H,1-2H3,(H,23,27)(H2,25,26,28). The zero-order chi connectivity index (χ0) is 19.7. The van der Waals surface area contributed by atoms with Crippen LogP contribution in [0.3, 0.4) is 0 Å². The van der Waals surface area contributed by atoms with E-state index in [1.54, 1.807) is 24.3 Å². The third-order valence-corrected chi connectivity index (χ3v) is 4.82. The lowest BCUT2D eigenvalue weighted by Gasteiger charge is -2.15. The number of imidazole rings is 1. The van der Waals surface area contributed by atoms with E-state index in [1.807, 2.05) is 37.3 Å². The molecule has 6 nitrogen and oxygen atoms in total. The van der Waals surface area contributed by atoms with Gasteiger partial charge in [-0.2, -0.15) is 0 Å². The molecule has 0 spiro atoms. The molecule has 4 aromatic rings. The highest BCUT2D eigenvalue weighted by Gasteiger charge is 2.13. The number of hydrogen-bond donors (Lipinski definition) is 4. The van der Waals surface area contributed by atoms with Crippen molar-refractivity contribution >= 4 is 34.0 Å². The van der Waals surface area contributed by atoms with Crippen LogP contribution < -0.4 is 16.3 Å². The number of amides is 1. The molecule has 0 saturated heterocycles. The Balaban J connectivity index is 1.62. The second-order valence-corrected chi connectivity index (χ2v) is 6.71. The van der Waals surface area contributed by atoms with Crippen LogP contribution in [0.5, 0.6) is 0 Å². The average Bonchev–Trinajstić information content (AvgIpc) is 3.05. The van der Waals surface area contributed by atoms with Gasteiger partial charge in [0.05, 0.1) is 22.3 Å². The number of aromatic nitrogens is 2. The Morgan fingerprint density at radius 3 is 2.46 bits per heavy atom. The second-order valence-electron chi connectivity index (χ2n) is 6.71. The second kappa shape index (κ2) is 7.08. The van der Waals surface area contributed by atoms with Gasteiger partial charge in [0.2, 0.25) is 0 Å². The van der Waals surface area contributed by atoms with Crippen molar-refractivity contribution in [2.75, 3.05) is 10.6 Å². The number of fused-ring (bicyclic) bond motifs is 1. The van der Waals surface area contributed by atoms with Crippen molar-refractivity contribution in [3.05, 3.63) is 87.8 Å². The molecule has 1 amide bonds. The molecule has 0 bridgehead atoms. The van der Waals surface area contributed by atoms with Crippen molar-refractivity contribution in [1.29, 1.82) is 0 Å². The van der Waals surface area contributed by atoms with Gasteiger partial charge in [0.15, 0.2) is 0 Å². The summed E-state index contributed by atoms with van der Waals surface area (Å²) >= 11 is 0. The summed E-state index contributed by atoms with van der Waals surface area (Å²) in [5.41, 5.74) is 6.21. The van der Waals surface area contributed by atoms with E-state index in [4.69, 9.17) is 0 Å². The zero-order valence-electron chi connectivity index (χ0n) is 15.6. The normalized spacial score (nSPS) is 10.8. The van der Waals surface area contributed by atoms with Gasteiger partial charge in [-0.1, -0.05) is 24.3 Å². The van der Waals surface area contributed by atoms with Crippen molar-refractivity contribution in [2.24, 2.45) is 0 Å². The SMILES string of the molecule is Cc1cccc(Nc2ccccc2C(=O)Nc2ccc3[nH]c(=O)[nH]c3c2)c1C. The van der Waals surface area contributed by atoms with E-state index in [0.717, 1.165) is 16.9 Å². The van der Waals surface area contributed by atoms with Crippen molar-refractivity contribution in [3.63, 3.8) is 0 Å².